The molecule has 0 aliphatic rings. The molecule has 0 radical (unpaired) electrons. The van der Waals surface area contributed by atoms with E-state index in [1.54, 1.807) is 35.6 Å². The lowest BCUT2D eigenvalue weighted by molar-refractivity contribution is 0.596. The van der Waals surface area contributed by atoms with Crippen LogP contribution in [0.5, 0.6) is 0 Å². The number of thiophene rings is 1. The van der Waals surface area contributed by atoms with Crippen LogP contribution in [0.3, 0.4) is 0 Å². The number of nitrogens with zero attached hydrogens (tertiary/aromatic N) is 2. The van der Waals surface area contributed by atoms with Crippen molar-refractivity contribution in [3.8, 4) is 39.1 Å². The van der Waals surface area contributed by atoms with E-state index < -0.39 is 9.84 Å². The first-order chi connectivity index (χ1) is 28.5. The van der Waals surface area contributed by atoms with Crippen LogP contribution >= 0.6 is 11.3 Å². The number of rotatable bonds is 6. The number of fused-ring (bicyclic) bond motifs is 9. The van der Waals surface area contributed by atoms with Gasteiger partial charge in [0.1, 0.15) is 4.83 Å². The molecule has 12 aromatic rings. The predicted octanol–water partition coefficient (Wildman–Crippen LogP) is 13.8. The third-order valence-electron chi connectivity index (χ3n) is 11.8. The number of hydrogen-bond donors (Lipinski definition) is 0. The summed E-state index contributed by atoms with van der Waals surface area (Å²) in [6.07, 6.45) is 0. The molecule has 274 valence electrons. The summed E-state index contributed by atoms with van der Waals surface area (Å²) >= 11 is 1.78. The van der Waals surface area contributed by atoms with Gasteiger partial charge in [0, 0.05) is 38.0 Å². The Morgan fingerprint density at radius 3 is 1.50 bits per heavy atom. The molecule has 12 rings (SSSR count). The fourth-order valence-corrected chi connectivity index (χ4v) is 11.2. The lowest BCUT2D eigenvalue weighted by Crippen LogP contribution is -2.02. The normalized spacial score (nSPS) is 12.3. The van der Waals surface area contributed by atoms with Crippen LogP contribution in [0, 0.1) is 0 Å². The highest BCUT2D eigenvalue weighted by atomic mass is 32.2. The van der Waals surface area contributed by atoms with Crippen molar-refractivity contribution in [2.75, 3.05) is 0 Å². The van der Waals surface area contributed by atoms with Crippen molar-refractivity contribution in [1.82, 2.24) is 8.97 Å². The summed E-state index contributed by atoms with van der Waals surface area (Å²) in [6, 6.07) is 63.9. The van der Waals surface area contributed by atoms with Crippen molar-refractivity contribution in [3.05, 3.63) is 193 Å². The van der Waals surface area contributed by atoms with E-state index in [4.69, 9.17) is 0 Å². The molecule has 0 unspecified atom stereocenters. The van der Waals surface area contributed by atoms with Crippen LogP contribution in [0.15, 0.2) is 203 Å². The van der Waals surface area contributed by atoms with Gasteiger partial charge in [0.25, 0.3) is 0 Å². The Labute approximate surface area is 338 Å². The molecular weight excluding hydrogens is 749 g/mol. The summed E-state index contributed by atoms with van der Waals surface area (Å²) in [7, 11) is -3.74. The summed E-state index contributed by atoms with van der Waals surface area (Å²) < 4.78 is 32.6. The Bertz CT molecular complexity index is 3630. The van der Waals surface area contributed by atoms with Crippen molar-refractivity contribution in [1.29, 1.82) is 0 Å². The van der Waals surface area contributed by atoms with Gasteiger partial charge in [0.15, 0.2) is 0 Å². The second-order valence-electron chi connectivity index (χ2n) is 15.0. The summed E-state index contributed by atoms with van der Waals surface area (Å²) in [5.74, 6) is 0. The van der Waals surface area contributed by atoms with Gasteiger partial charge in [-0.2, -0.15) is 0 Å². The van der Waals surface area contributed by atoms with Crippen LogP contribution in [-0.4, -0.2) is 17.4 Å². The molecule has 0 aliphatic carbocycles. The van der Waals surface area contributed by atoms with E-state index in [0.29, 0.717) is 0 Å². The second kappa shape index (κ2) is 12.5. The number of benzene rings is 8. The van der Waals surface area contributed by atoms with Crippen molar-refractivity contribution in [3.63, 3.8) is 0 Å². The first kappa shape index (κ1) is 33.2. The largest absolute Gasteiger partial charge is 0.309 e. The van der Waals surface area contributed by atoms with Crippen LogP contribution in [0.1, 0.15) is 0 Å². The van der Waals surface area contributed by atoms with Crippen LogP contribution < -0.4 is 0 Å². The molecule has 4 nitrogen and oxygen atoms in total. The molecule has 4 aromatic heterocycles. The summed E-state index contributed by atoms with van der Waals surface area (Å²) in [4.78, 5) is 1.81. The van der Waals surface area contributed by atoms with Gasteiger partial charge >= 0.3 is 0 Å². The highest BCUT2D eigenvalue weighted by Gasteiger charge is 2.21. The zero-order chi connectivity index (χ0) is 38.5. The van der Waals surface area contributed by atoms with E-state index >= 15 is 0 Å². The standard InChI is InChI=1S/C52H32N2O2S2/c55-58(56,41-25-21-34(22-26-41)37-11-8-12-39(30-37)53-48-16-4-1-13-42(48)43-14-2-5-17-49(43)53)40-23-19-33(20-24-40)35-9-7-10-36(29-35)38-31-46-44-15-3-6-18-50(44)54-51(46)47(32-38)45-27-28-57-52(45)54/h1-32H. The van der Waals surface area contributed by atoms with E-state index in [1.807, 2.05) is 24.3 Å². The van der Waals surface area contributed by atoms with Crippen LogP contribution in [0.2, 0.25) is 0 Å². The SMILES string of the molecule is O=S(=O)(c1ccc(-c2cccc(-c3cc4c5ccccc5n5c6sccc6c(c3)c45)c2)cc1)c1ccc(-c2cccc(-n3c4ccccc4c4ccccc43)c2)cc1. The molecule has 0 saturated carbocycles. The first-order valence-corrected chi connectivity index (χ1v) is 21.7. The van der Waals surface area contributed by atoms with Crippen molar-refractivity contribution >= 4 is 80.4 Å². The van der Waals surface area contributed by atoms with Crippen LogP contribution in [0.25, 0.3) is 98.3 Å². The zero-order valence-electron chi connectivity index (χ0n) is 31.0. The molecule has 8 aromatic carbocycles. The van der Waals surface area contributed by atoms with Gasteiger partial charge < -0.3 is 4.57 Å². The van der Waals surface area contributed by atoms with Crippen LogP contribution in [-0.2, 0) is 9.84 Å². The van der Waals surface area contributed by atoms with Crippen molar-refractivity contribution in [2.45, 2.75) is 9.79 Å². The monoisotopic (exact) mass is 780 g/mol. The van der Waals surface area contributed by atoms with Gasteiger partial charge in [-0.15, -0.1) is 11.3 Å². The topological polar surface area (TPSA) is 43.5 Å². The molecule has 0 aliphatic heterocycles. The highest BCUT2D eigenvalue weighted by Crippen LogP contribution is 2.43. The average molecular weight is 781 g/mol. The number of para-hydroxylation sites is 3. The molecule has 4 heterocycles. The molecule has 0 bridgehead atoms. The van der Waals surface area contributed by atoms with Crippen LogP contribution in [0.4, 0.5) is 0 Å². The lowest BCUT2D eigenvalue weighted by atomic mass is 9.96. The Kier molecular flexibility index (Phi) is 7.15. The van der Waals surface area contributed by atoms with Crippen molar-refractivity contribution in [2.24, 2.45) is 0 Å². The number of sulfone groups is 1. The molecular formula is C52H32N2O2S2. The number of aromatic nitrogens is 2. The van der Waals surface area contributed by atoms with E-state index in [2.05, 4.69) is 154 Å². The predicted molar refractivity (Wildman–Crippen MR) is 242 cm³/mol. The lowest BCUT2D eigenvalue weighted by Gasteiger charge is -2.11. The van der Waals surface area contributed by atoms with E-state index in [0.717, 1.165) is 50.1 Å². The molecule has 0 saturated heterocycles. The molecule has 6 heteroatoms. The Morgan fingerprint density at radius 1 is 0.379 bits per heavy atom. The Morgan fingerprint density at radius 2 is 0.879 bits per heavy atom. The second-order valence-corrected chi connectivity index (χ2v) is 17.8. The maximum atomic E-state index is 13.9. The van der Waals surface area contributed by atoms with Crippen molar-refractivity contribution < 1.29 is 8.42 Å². The third-order valence-corrected chi connectivity index (χ3v) is 14.5. The Balaban J connectivity index is 0.844. The summed E-state index contributed by atoms with van der Waals surface area (Å²) in [5, 5.41) is 9.66. The molecule has 0 fully saturated rings. The average Bonchev–Trinajstić information content (AvgIpc) is 4.05. The minimum Gasteiger partial charge on any atom is -0.309 e. The third kappa shape index (κ3) is 4.89. The molecule has 0 amide bonds. The minimum absolute atomic E-state index is 0.267. The van der Waals surface area contributed by atoms with Gasteiger partial charge in [0.05, 0.1) is 31.9 Å². The maximum Gasteiger partial charge on any atom is 0.206 e. The minimum atomic E-state index is -3.74. The van der Waals surface area contributed by atoms with E-state index in [-0.39, 0.29) is 9.79 Å². The van der Waals surface area contributed by atoms with E-state index in [9.17, 15) is 8.42 Å². The highest BCUT2D eigenvalue weighted by molar-refractivity contribution is 7.91. The van der Waals surface area contributed by atoms with Gasteiger partial charge in [-0.3, -0.25) is 4.40 Å². The maximum absolute atomic E-state index is 13.9. The van der Waals surface area contributed by atoms with Gasteiger partial charge in [-0.05, 0) is 118 Å². The molecule has 0 atom stereocenters. The van der Waals surface area contributed by atoms with Gasteiger partial charge in [0.2, 0.25) is 9.84 Å². The smallest absolute Gasteiger partial charge is 0.206 e. The Hall–Kier alpha value is -6.99. The zero-order valence-corrected chi connectivity index (χ0v) is 32.6. The fraction of sp³-hybridized carbons (Fsp3) is 0. The van der Waals surface area contributed by atoms with E-state index in [1.165, 1.54) is 48.2 Å². The van der Waals surface area contributed by atoms with Gasteiger partial charge in [-0.1, -0.05) is 109 Å². The first-order valence-electron chi connectivity index (χ1n) is 19.3. The fourth-order valence-electron chi connectivity index (χ4n) is 9.05. The molecule has 0 spiro atoms. The quantitative estimate of drug-likeness (QED) is 0.169. The molecule has 58 heavy (non-hydrogen) atoms. The summed E-state index contributed by atoms with van der Waals surface area (Å²) in [5.41, 5.74) is 12.1. The summed E-state index contributed by atoms with van der Waals surface area (Å²) in [6.45, 7) is 0. The number of hydrogen-bond acceptors (Lipinski definition) is 3. The van der Waals surface area contributed by atoms with Gasteiger partial charge in [-0.25, -0.2) is 8.42 Å². The molecule has 0 N–H and O–H groups in total.